The van der Waals surface area contributed by atoms with Crippen LogP contribution in [0.15, 0.2) is 24.5 Å². The summed E-state index contributed by atoms with van der Waals surface area (Å²) >= 11 is 0. The maximum absolute atomic E-state index is 5.62. The van der Waals surface area contributed by atoms with Gasteiger partial charge in [0.05, 0.1) is 13.2 Å². The van der Waals surface area contributed by atoms with Gasteiger partial charge in [0.1, 0.15) is 0 Å². The van der Waals surface area contributed by atoms with Gasteiger partial charge in [0.25, 0.3) is 0 Å². The second-order valence-electron chi connectivity index (χ2n) is 4.13. The third-order valence-corrected chi connectivity index (χ3v) is 2.98. The lowest BCUT2D eigenvalue weighted by Crippen LogP contribution is -2.45. The molecule has 0 spiro atoms. The van der Waals surface area contributed by atoms with Gasteiger partial charge in [0.2, 0.25) is 0 Å². The molecular formula is C12H19N3O. The highest BCUT2D eigenvalue weighted by Gasteiger charge is 2.21. The van der Waals surface area contributed by atoms with Gasteiger partial charge in [-0.2, -0.15) is 0 Å². The highest BCUT2D eigenvalue weighted by Crippen LogP contribution is 2.13. The average molecular weight is 221 g/mol. The van der Waals surface area contributed by atoms with Crippen molar-refractivity contribution < 1.29 is 4.74 Å². The lowest BCUT2D eigenvalue weighted by molar-refractivity contribution is -0.0135. The largest absolute Gasteiger partial charge is 0.378 e. The molecule has 0 radical (unpaired) electrons. The van der Waals surface area contributed by atoms with Crippen molar-refractivity contribution in [3.05, 3.63) is 30.1 Å². The zero-order valence-electron chi connectivity index (χ0n) is 9.51. The Hall–Kier alpha value is -0.970. The minimum Gasteiger partial charge on any atom is -0.378 e. The molecule has 1 aromatic rings. The Balaban J connectivity index is 1.96. The maximum Gasteiger partial charge on any atom is 0.0623 e. The van der Waals surface area contributed by atoms with E-state index in [1.54, 1.807) is 0 Å². The first-order valence-electron chi connectivity index (χ1n) is 5.81. The summed E-state index contributed by atoms with van der Waals surface area (Å²) in [5.41, 5.74) is 6.93. The van der Waals surface area contributed by atoms with Crippen molar-refractivity contribution in [1.29, 1.82) is 0 Å². The van der Waals surface area contributed by atoms with Gasteiger partial charge < -0.3 is 10.5 Å². The first-order valence-corrected chi connectivity index (χ1v) is 5.81. The second-order valence-corrected chi connectivity index (χ2v) is 4.13. The molecule has 1 aliphatic rings. The minimum atomic E-state index is 0.465. The van der Waals surface area contributed by atoms with E-state index in [1.165, 1.54) is 5.56 Å². The first kappa shape index (κ1) is 11.5. The molecule has 1 aliphatic heterocycles. The summed E-state index contributed by atoms with van der Waals surface area (Å²) in [6, 6.07) is 4.59. The fraction of sp³-hybridized carbons (Fsp3) is 0.583. The number of pyridine rings is 1. The Bertz CT molecular complexity index is 302. The molecule has 4 heteroatoms. The molecule has 0 saturated carbocycles. The molecule has 2 N–H and O–H groups in total. The molecule has 4 nitrogen and oxygen atoms in total. The number of rotatable bonds is 4. The first-order chi connectivity index (χ1) is 7.90. The predicted octanol–water partition coefficient (Wildman–Crippen LogP) is 0.631. The van der Waals surface area contributed by atoms with E-state index >= 15 is 0 Å². The van der Waals surface area contributed by atoms with Crippen molar-refractivity contribution in [2.45, 2.75) is 19.0 Å². The Morgan fingerprint density at radius 2 is 2.25 bits per heavy atom. The maximum atomic E-state index is 5.62. The van der Waals surface area contributed by atoms with Gasteiger partial charge in [-0.1, -0.05) is 0 Å². The summed E-state index contributed by atoms with van der Waals surface area (Å²) in [5, 5.41) is 0. The second kappa shape index (κ2) is 5.94. The Morgan fingerprint density at radius 1 is 1.44 bits per heavy atom. The fourth-order valence-electron chi connectivity index (χ4n) is 2.08. The fourth-order valence-corrected chi connectivity index (χ4v) is 2.08. The predicted molar refractivity (Wildman–Crippen MR) is 62.9 cm³/mol. The van der Waals surface area contributed by atoms with Crippen molar-refractivity contribution in [2.75, 3.05) is 26.3 Å². The van der Waals surface area contributed by atoms with Crippen LogP contribution in [0.1, 0.15) is 12.0 Å². The molecule has 1 atom stereocenters. The van der Waals surface area contributed by atoms with Crippen molar-refractivity contribution >= 4 is 0 Å². The van der Waals surface area contributed by atoms with Crippen LogP contribution >= 0.6 is 0 Å². The molecule has 1 fully saturated rings. The van der Waals surface area contributed by atoms with Gasteiger partial charge in [-0.25, -0.2) is 0 Å². The molecule has 88 valence electrons. The van der Waals surface area contributed by atoms with E-state index in [-0.39, 0.29) is 0 Å². The Kier molecular flexibility index (Phi) is 4.27. The standard InChI is InChI=1S/C12H19N3O/c13-4-1-12-10-16-8-7-15(12)9-11-2-5-14-6-3-11/h2-3,5-6,12H,1,4,7-10,13H2. The van der Waals surface area contributed by atoms with E-state index in [2.05, 4.69) is 22.0 Å². The number of aromatic nitrogens is 1. The number of nitrogens with two attached hydrogens (primary N) is 1. The van der Waals surface area contributed by atoms with Gasteiger partial charge in [-0.15, -0.1) is 0 Å². The van der Waals surface area contributed by atoms with Crippen LogP contribution < -0.4 is 5.73 Å². The molecule has 1 saturated heterocycles. The van der Waals surface area contributed by atoms with Crippen molar-refractivity contribution in [3.63, 3.8) is 0 Å². The zero-order valence-corrected chi connectivity index (χ0v) is 9.51. The highest BCUT2D eigenvalue weighted by atomic mass is 16.5. The summed E-state index contributed by atoms with van der Waals surface area (Å²) in [6.45, 7) is 4.32. The summed E-state index contributed by atoms with van der Waals surface area (Å²) < 4.78 is 5.49. The summed E-state index contributed by atoms with van der Waals surface area (Å²) in [4.78, 5) is 6.48. The Morgan fingerprint density at radius 3 is 3.00 bits per heavy atom. The molecular weight excluding hydrogens is 202 g/mol. The molecule has 1 aromatic heterocycles. The quantitative estimate of drug-likeness (QED) is 0.810. The monoisotopic (exact) mass is 221 g/mol. The smallest absolute Gasteiger partial charge is 0.0623 e. The van der Waals surface area contributed by atoms with Gasteiger partial charge in [-0.05, 0) is 30.7 Å². The third kappa shape index (κ3) is 3.01. The van der Waals surface area contributed by atoms with Crippen LogP contribution in [0.5, 0.6) is 0 Å². The number of hydrogen-bond acceptors (Lipinski definition) is 4. The Labute approximate surface area is 96.4 Å². The van der Waals surface area contributed by atoms with Crippen LogP contribution in [0.3, 0.4) is 0 Å². The van der Waals surface area contributed by atoms with Crippen molar-refractivity contribution in [1.82, 2.24) is 9.88 Å². The summed E-state index contributed by atoms with van der Waals surface area (Å²) in [7, 11) is 0. The van der Waals surface area contributed by atoms with Gasteiger partial charge in [0, 0.05) is 31.5 Å². The number of hydrogen-bond donors (Lipinski definition) is 1. The molecule has 0 amide bonds. The normalized spacial score (nSPS) is 22.2. The molecule has 2 heterocycles. The van der Waals surface area contributed by atoms with Crippen LogP contribution in [0, 0.1) is 0 Å². The lowest BCUT2D eigenvalue weighted by Gasteiger charge is -2.35. The van der Waals surface area contributed by atoms with E-state index in [1.807, 2.05) is 12.4 Å². The number of nitrogens with zero attached hydrogens (tertiary/aromatic N) is 2. The molecule has 2 rings (SSSR count). The molecule has 16 heavy (non-hydrogen) atoms. The molecule has 0 aromatic carbocycles. The van der Waals surface area contributed by atoms with E-state index in [0.717, 1.165) is 39.3 Å². The number of ether oxygens (including phenoxy) is 1. The minimum absolute atomic E-state index is 0.465. The van der Waals surface area contributed by atoms with E-state index in [9.17, 15) is 0 Å². The van der Waals surface area contributed by atoms with E-state index in [4.69, 9.17) is 10.5 Å². The topological polar surface area (TPSA) is 51.4 Å². The average Bonchev–Trinajstić information content (AvgIpc) is 2.33. The van der Waals surface area contributed by atoms with Gasteiger partial charge in [-0.3, -0.25) is 9.88 Å². The van der Waals surface area contributed by atoms with Crippen LogP contribution in [0.4, 0.5) is 0 Å². The highest BCUT2D eigenvalue weighted by molar-refractivity contribution is 5.09. The van der Waals surface area contributed by atoms with Crippen LogP contribution in [0.25, 0.3) is 0 Å². The van der Waals surface area contributed by atoms with Crippen LogP contribution in [0.2, 0.25) is 0 Å². The zero-order chi connectivity index (χ0) is 11.2. The number of morpholine rings is 1. The molecule has 0 aliphatic carbocycles. The van der Waals surface area contributed by atoms with Crippen molar-refractivity contribution in [3.8, 4) is 0 Å². The molecule has 1 unspecified atom stereocenters. The van der Waals surface area contributed by atoms with Gasteiger partial charge in [0.15, 0.2) is 0 Å². The summed E-state index contributed by atoms with van der Waals surface area (Å²) in [5.74, 6) is 0. The van der Waals surface area contributed by atoms with Crippen LogP contribution in [-0.2, 0) is 11.3 Å². The van der Waals surface area contributed by atoms with Gasteiger partial charge >= 0.3 is 0 Å². The third-order valence-electron chi connectivity index (χ3n) is 2.98. The van der Waals surface area contributed by atoms with E-state index in [0.29, 0.717) is 6.04 Å². The van der Waals surface area contributed by atoms with E-state index < -0.39 is 0 Å². The lowest BCUT2D eigenvalue weighted by atomic mass is 10.1. The summed E-state index contributed by atoms with van der Waals surface area (Å²) in [6.07, 6.45) is 4.69. The molecule has 0 bridgehead atoms. The van der Waals surface area contributed by atoms with Crippen LogP contribution in [-0.4, -0.2) is 42.2 Å². The SMILES string of the molecule is NCCC1COCCN1Cc1ccncc1. The van der Waals surface area contributed by atoms with Crippen molar-refractivity contribution in [2.24, 2.45) is 5.73 Å².